The van der Waals surface area contributed by atoms with Crippen LogP contribution in [0.2, 0.25) is 0 Å². The highest BCUT2D eigenvalue weighted by atomic mass is 28.2. The van der Waals surface area contributed by atoms with Crippen molar-refractivity contribution in [3.8, 4) is 0 Å². The Morgan fingerprint density at radius 2 is 2.57 bits per heavy atom. The van der Waals surface area contributed by atoms with E-state index in [2.05, 4.69) is 9.72 Å². The standard InChI is InChI=1S/C3H8NO2Si/c1-2-6-3(5)4-7/h2H2,1,7H3. The Kier molecular flexibility index (Phi) is 3.40. The number of hydrogen-bond acceptors (Lipinski definition) is 2. The van der Waals surface area contributed by atoms with Gasteiger partial charge in [0.25, 0.3) is 0 Å². The zero-order valence-electron chi connectivity index (χ0n) is 4.47. The Balaban J connectivity index is 3.00. The fourth-order valence-corrected chi connectivity index (χ4v) is 0.317. The lowest BCUT2D eigenvalue weighted by Crippen LogP contribution is -2.12. The molecule has 0 aromatic carbocycles. The van der Waals surface area contributed by atoms with Gasteiger partial charge in [-0.15, -0.1) is 0 Å². The molecule has 0 fully saturated rings. The van der Waals surface area contributed by atoms with E-state index in [9.17, 15) is 4.79 Å². The van der Waals surface area contributed by atoms with Gasteiger partial charge in [-0.1, -0.05) is 0 Å². The quantitative estimate of drug-likeness (QED) is 0.415. The maximum atomic E-state index is 10.1. The van der Waals surface area contributed by atoms with Gasteiger partial charge in [-0.3, -0.25) is 4.98 Å². The Morgan fingerprint density at radius 3 is 2.71 bits per heavy atom. The summed E-state index contributed by atoms with van der Waals surface area (Å²) in [5.74, 6) is 0. The van der Waals surface area contributed by atoms with Crippen LogP contribution in [0.4, 0.5) is 4.79 Å². The average Bonchev–Trinajstić information content (AvgIpc) is 1.68. The van der Waals surface area contributed by atoms with Crippen molar-refractivity contribution in [2.75, 3.05) is 6.61 Å². The molecule has 7 heavy (non-hydrogen) atoms. The lowest BCUT2D eigenvalue weighted by Gasteiger charge is -1.93. The maximum Gasteiger partial charge on any atom is 0.418 e. The van der Waals surface area contributed by atoms with Gasteiger partial charge in [0.05, 0.1) is 6.61 Å². The minimum absolute atomic E-state index is 0.421. The summed E-state index contributed by atoms with van der Waals surface area (Å²) >= 11 is 0. The first-order valence-electron chi connectivity index (χ1n) is 2.07. The molecule has 0 aromatic heterocycles. The number of carbonyl (C=O) groups excluding carboxylic acids is 1. The minimum Gasteiger partial charge on any atom is -0.449 e. The first-order chi connectivity index (χ1) is 3.31. The predicted molar refractivity (Wildman–Crippen MR) is 29.1 cm³/mol. The molecule has 0 heterocycles. The van der Waals surface area contributed by atoms with E-state index < -0.39 is 6.09 Å². The number of ether oxygens (including phenoxy) is 1. The van der Waals surface area contributed by atoms with Gasteiger partial charge in [-0.2, -0.15) is 0 Å². The van der Waals surface area contributed by atoms with Crippen LogP contribution in [-0.2, 0) is 4.74 Å². The van der Waals surface area contributed by atoms with Gasteiger partial charge in [-0.25, -0.2) is 4.79 Å². The van der Waals surface area contributed by atoms with Crippen molar-refractivity contribution >= 4 is 16.5 Å². The molecule has 0 N–H and O–H groups in total. The predicted octanol–water partition coefficient (Wildman–Crippen LogP) is -0.972. The van der Waals surface area contributed by atoms with E-state index >= 15 is 0 Å². The molecule has 0 saturated carbocycles. The first kappa shape index (κ1) is 6.49. The first-order valence-corrected chi connectivity index (χ1v) is 2.97. The minimum atomic E-state index is -0.436. The normalized spacial score (nSPS) is 8.14. The van der Waals surface area contributed by atoms with Crippen molar-refractivity contribution in [2.24, 2.45) is 0 Å². The summed E-state index contributed by atoms with van der Waals surface area (Å²) in [6.07, 6.45) is -0.436. The third kappa shape index (κ3) is 3.31. The van der Waals surface area contributed by atoms with Crippen LogP contribution >= 0.6 is 0 Å². The number of amides is 1. The number of carbonyl (C=O) groups is 1. The molecule has 0 unspecified atom stereocenters. The van der Waals surface area contributed by atoms with E-state index in [-0.39, 0.29) is 0 Å². The van der Waals surface area contributed by atoms with Crippen LogP contribution in [0.25, 0.3) is 0 Å². The molecular formula is C3H8NO2Si. The molecule has 41 valence electrons. The van der Waals surface area contributed by atoms with Crippen molar-refractivity contribution in [3.05, 3.63) is 0 Å². The maximum absolute atomic E-state index is 10.1. The molecule has 0 saturated heterocycles. The van der Waals surface area contributed by atoms with Gasteiger partial charge < -0.3 is 4.74 Å². The molecule has 1 amide bonds. The van der Waals surface area contributed by atoms with Gasteiger partial charge in [0.1, 0.15) is 10.4 Å². The second kappa shape index (κ2) is 3.67. The highest BCUT2D eigenvalue weighted by Crippen LogP contribution is 1.72. The lowest BCUT2D eigenvalue weighted by molar-refractivity contribution is 0.158. The second-order valence-corrected chi connectivity index (χ2v) is 1.37. The summed E-state index contributed by atoms with van der Waals surface area (Å²) in [5.41, 5.74) is 0. The van der Waals surface area contributed by atoms with E-state index in [0.29, 0.717) is 17.0 Å². The van der Waals surface area contributed by atoms with Crippen molar-refractivity contribution in [1.29, 1.82) is 0 Å². The van der Waals surface area contributed by atoms with Crippen molar-refractivity contribution in [3.63, 3.8) is 0 Å². The summed E-state index contributed by atoms with van der Waals surface area (Å²) in [5, 5.41) is 0. The topological polar surface area (TPSA) is 40.4 Å². The summed E-state index contributed by atoms with van der Waals surface area (Å²) in [4.78, 5) is 13.4. The summed E-state index contributed by atoms with van der Waals surface area (Å²) in [6.45, 7) is 2.18. The molecule has 0 aliphatic rings. The zero-order chi connectivity index (χ0) is 5.70. The smallest absolute Gasteiger partial charge is 0.418 e. The zero-order valence-corrected chi connectivity index (χ0v) is 6.47. The van der Waals surface area contributed by atoms with Gasteiger partial charge in [0, 0.05) is 0 Å². The molecular weight excluding hydrogens is 110 g/mol. The molecule has 0 atom stereocenters. The van der Waals surface area contributed by atoms with Crippen LogP contribution in [0.1, 0.15) is 6.92 Å². The monoisotopic (exact) mass is 118 g/mol. The van der Waals surface area contributed by atoms with Crippen molar-refractivity contribution < 1.29 is 9.53 Å². The SMILES string of the molecule is CCOC(=O)[N][SiH3]. The Morgan fingerprint density at radius 1 is 2.00 bits per heavy atom. The molecule has 0 aromatic rings. The number of rotatable bonds is 1. The van der Waals surface area contributed by atoms with Crippen LogP contribution in [0.3, 0.4) is 0 Å². The van der Waals surface area contributed by atoms with Gasteiger partial charge in [0.2, 0.25) is 0 Å². The third-order valence-corrected chi connectivity index (χ3v) is 0.816. The molecule has 0 rings (SSSR count). The molecule has 0 bridgehead atoms. The van der Waals surface area contributed by atoms with Gasteiger partial charge in [-0.05, 0) is 6.92 Å². The molecule has 4 heteroatoms. The van der Waals surface area contributed by atoms with Crippen LogP contribution < -0.4 is 4.98 Å². The summed E-state index contributed by atoms with van der Waals surface area (Å²) < 4.78 is 4.42. The van der Waals surface area contributed by atoms with Crippen LogP contribution in [0.5, 0.6) is 0 Å². The fraction of sp³-hybridized carbons (Fsp3) is 0.667. The van der Waals surface area contributed by atoms with Crippen molar-refractivity contribution in [1.82, 2.24) is 4.98 Å². The highest BCUT2D eigenvalue weighted by Gasteiger charge is 1.91. The van der Waals surface area contributed by atoms with Crippen LogP contribution in [0, 0.1) is 0 Å². The van der Waals surface area contributed by atoms with E-state index in [1.54, 1.807) is 6.92 Å². The number of nitrogens with zero attached hydrogens (tertiary/aromatic N) is 1. The Labute approximate surface area is 45.5 Å². The van der Waals surface area contributed by atoms with Crippen molar-refractivity contribution in [2.45, 2.75) is 6.92 Å². The van der Waals surface area contributed by atoms with Gasteiger partial charge >= 0.3 is 6.09 Å². The summed E-state index contributed by atoms with van der Waals surface area (Å²) in [7, 11) is 0.538. The van der Waals surface area contributed by atoms with E-state index in [0.717, 1.165) is 0 Å². The molecule has 0 aliphatic carbocycles. The van der Waals surface area contributed by atoms with E-state index in [4.69, 9.17) is 0 Å². The van der Waals surface area contributed by atoms with E-state index in [1.165, 1.54) is 0 Å². The molecule has 0 aliphatic heterocycles. The Hall–Kier alpha value is -0.513. The summed E-state index contributed by atoms with van der Waals surface area (Å²) in [6, 6.07) is 0. The van der Waals surface area contributed by atoms with Crippen LogP contribution in [-0.4, -0.2) is 23.1 Å². The highest BCUT2D eigenvalue weighted by molar-refractivity contribution is 6.12. The lowest BCUT2D eigenvalue weighted by atomic mass is 10.9. The Bertz CT molecular complexity index is 66.0. The molecule has 3 nitrogen and oxygen atoms in total. The molecule has 1 radical (unpaired) electrons. The van der Waals surface area contributed by atoms with Crippen LogP contribution in [0.15, 0.2) is 0 Å². The van der Waals surface area contributed by atoms with Gasteiger partial charge in [0.15, 0.2) is 0 Å². The third-order valence-electron chi connectivity index (χ3n) is 0.450. The molecule has 0 spiro atoms. The number of hydrogen-bond donors (Lipinski definition) is 0. The average molecular weight is 118 g/mol. The van der Waals surface area contributed by atoms with E-state index in [1.807, 2.05) is 0 Å². The largest absolute Gasteiger partial charge is 0.449 e. The second-order valence-electron chi connectivity index (χ2n) is 0.923. The fourth-order valence-electron chi connectivity index (χ4n) is 0.188.